The van der Waals surface area contributed by atoms with Crippen molar-refractivity contribution in [3.8, 4) is 0 Å². The Balaban J connectivity index is 1.78. The van der Waals surface area contributed by atoms with Crippen molar-refractivity contribution in [3.63, 3.8) is 0 Å². The lowest BCUT2D eigenvalue weighted by molar-refractivity contribution is 0.151. The molecule has 1 heterocycles. The van der Waals surface area contributed by atoms with Crippen LogP contribution in [0.2, 0.25) is 0 Å². The number of ether oxygens (including phenoxy) is 1. The number of nitrogens with zero attached hydrogens (tertiary/aromatic N) is 2. The molecule has 1 saturated carbocycles. The van der Waals surface area contributed by atoms with Gasteiger partial charge in [-0.05, 0) is 51.0 Å². The van der Waals surface area contributed by atoms with Gasteiger partial charge < -0.3 is 10.1 Å². The third-order valence-corrected chi connectivity index (χ3v) is 4.64. The maximum Gasteiger partial charge on any atom is 0.407 e. The minimum absolute atomic E-state index is 0.350. The van der Waals surface area contributed by atoms with E-state index in [1.807, 2.05) is 6.92 Å². The number of carbonyl (C=O) groups excluding carboxylic acids is 1. The van der Waals surface area contributed by atoms with Crippen LogP contribution < -0.4 is 5.32 Å². The molecule has 1 fully saturated rings. The average molecular weight is 291 g/mol. The monoisotopic (exact) mass is 291 g/mol. The molecule has 2 aliphatic rings. The van der Waals surface area contributed by atoms with Crippen LogP contribution in [0.5, 0.6) is 0 Å². The van der Waals surface area contributed by atoms with Gasteiger partial charge in [-0.15, -0.1) is 0 Å². The molecule has 0 aromatic carbocycles. The molecule has 5 nitrogen and oxygen atoms in total. The Morgan fingerprint density at radius 1 is 1.29 bits per heavy atom. The minimum Gasteiger partial charge on any atom is -0.450 e. The van der Waals surface area contributed by atoms with Gasteiger partial charge >= 0.3 is 6.09 Å². The van der Waals surface area contributed by atoms with Crippen LogP contribution >= 0.6 is 0 Å². The molecular weight excluding hydrogens is 266 g/mol. The number of rotatable bonds is 4. The number of hydrogen-bond donors (Lipinski definition) is 1. The summed E-state index contributed by atoms with van der Waals surface area (Å²) in [5.41, 5.74) is 3.85. The van der Waals surface area contributed by atoms with Gasteiger partial charge in [0.15, 0.2) is 0 Å². The summed E-state index contributed by atoms with van der Waals surface area (Å²) in [7, 11) is 0. The second-order valence-electron chi connectivity index (χ2n) is 6.04. The summed E-state index contributed by atoms with van der Waals surface area (Å²) in [6, 6.07) is 0.577. The lowest BCUT2D eigenvalue weighted by atomic mass is 9.95. The van der Waals surface area contributed by atoms with Crippen molar-refractivity contribution in [1.82, 2.24) is 15.1 Å². The van der Waals surface area contributed by atoms with E-state index in [0.717, 1.165) is 18.5 Å². The van der Waals surface area contributed by atoms with Gasteiger partial charge in [0.2, 0.25) is 0 Å². The van der Waals surface area contributed by atoms with E-state index in [1.165, 1.54) is 49.8 Å². The first kappa shape index (κ1) is 14.4. The Kier molecular flexibility index (Phi) is 4.46. The first-order chi connectivity index (χ1) is 10.3. The van der Waals surface area contributed by atoms with Crippen LogP contribution in [0.15, 0.2) is 0 Å². The molecule has 21 heavy (non-hydrogen) atoms. The molecule has 0 unspecified atom stereocenters. The predicted octanol–water partition coefficient (Wildman–Crippen LogP) is 3.12. The highest BCUT2D eigenvalue weighted by atomic mass is 16.5. The largest absolute Gasteiger partial charge is 0.450 e. The number of alkyl carbamates (subject to hydrolysis) is 1. The highest BCUT2D eigenvalue weighted by Crippen LogP contribution is 2.34. The van der Waals surface area contributed by atoms with E-state index in [4.69, 9.17) is 9.84 Å². The molecule has 0 atom stereocenters. The summed E-state index contributed by atoms with van der Waals surface area (Å²) in [6.07, 6.45) is 9.51. The summed E-state index contributed by atoms with van der Waals surface area (Å²) in [5.74, 6) is 0. The molecular formula is C16H25N3O2. The minimum atomic E-state index is -0.350. The summed E-state index contributed by atoms with van der Waals surface area (Å²) in [5, 5.41) is 7.67. The zero-order valence-corrected chi connectivity index (χ0v) is 12.9. The summed E-state index contributed by atoms with van der Waals surface area (Å²) >= 11 is 0. The van der Waals surface area contributed by atoms with E-state index in [0.29, 0.717) is 19.2 Å². The quantitative estimate of drug-likeness (QED) is 0.927. The Hall–Kier alpha value is -1.52. The summed E-state index contributed by atoms with van der Waals surface area (Å²) in [4.78, 5) is 11.5. The van der Waals surface area contributed by atoms with E-state index in [9.17, 15) is 4.79 Å². The molecule has 2 aliphatic carbocycles. The Morgan fingerprint density at radius 3 is 2.81 bits per heavy atom. The standard InChI is InChI=1S/C16H25N3O2/c1-2-21-16(20)17-11-14-13-9-5-6-10-15(13)19(18-14)12-7-3-4-8-12/h12H,2-11H2,1H3,(H,17,20). The zero-order valence-electron chi connectivity index (χ0n) is 12.9. The Labute approximate surface area is 126 Å². The van der Waals surface area contributed by atoms with E-state index in [1.54, 1.807) is 0 Å². The summed E-state index contributed by atoms with van der Waals surface area (Å²) in [6.45, 7) is 2.71. The highest BCUT2D eigenvalue weighted by Gasteiger charge is 2.26. The molecule has 0 radical (unpaired) electrons. The van der Waals surface area contributed by atoms with Crippen LogP contribution in [0.25, 0.3) is 0 Å². The number of nitrogens with one attached hydrogen (secondary N) is 1. The lowest BCUT2D eigenvalue weighted by Crippen LogP contribution is -2.24. The van der Waals surface area contributed by atoms with Gasteiger partial charge in [0.25, 0.3) is 0 Å². The zero-order chi connectivity index (χ0) is 14.7. The molecule has 0 aliphatic heterocycles. The molecule has 0 spiro atoms. The van der Waals surface area contributed by atoms with Crippen LogP contribution in [0.1, 0.15) is 68.4 Å². The average Bonchev–Trinajstić information content (AvgIpc) is 3.13. The highest BCUT2D eigenvalue weighted by molar-refractivity contribution is 5.67. The smallest absolute Gasteiger partial charge is 0.407 e. The fraction of sp³-hybridized carbons (Fsp3) is 0.750. The van der Waals surface area contributed by atoms with Crippen molar-refractivity contribution in [2.75, 3.05) is 6.61 Å². The van der Waals surface area contributed by atoms with E-state index in [2.05, 4.69) is 10.00 Å². The van der Waals surface area contributed by atoms with Crippen LogP contribution in [0.4, 0.5) is 4.79 Å². The predicted molar refractivity (Wildman–Crippen MR) is 80.2 cm³/mol. The third-order valence-electron chi connectivity index (χ3n) is 4.64. The second kappa shape index (κ2) is 6.50. The van der Waals surface area contributed by atoms with Gasteiger partial charge in [-0.1, -0.05) is 12.8 Å². The maximum atomic E-state index is 11.5. The van der Waals surface area contributed by atoms with Crippen LogP contribution in [-0.4, -0.2) is 22.5 Å². The fourth-order valence-corrected chi connectivity index (χ4v) is 3.63. The van der Waals surface area contributed by atoms with Gasteiger partial charge in [-0.25, -0.2) is 4.79 Å². The molecule has 1 aromatic heterocycles. The molecule has 1 N–H and O–H groups in total. The normalized spacial score (nSPS) is 18.5. The number of carbonyl (C=O) groups is 1. The first-order valence-corrected chi connectivity index (χ1v) is 8.29. The van der Waals surface area contributed by atoms with E-state index >= 15 is 0 Å². The summed E-state index contributed by atoms with van der Waals surface area (Å²) < 4.78 is 7.21. The van der Waals surface area contributed by atoms with E-state index < -0.39 is 0 Å². The van der Waals surface area contributed by atoms with Gasteiger partial charge in [0.05, 0.1) is 24.9 Å². The number of fused-ring (bicyclic) bond motifs is 1. The molecule has 1 amide bonds. The molecule has 1 aromatic rings. The first-order valence-electron chi connectivity index (χ1n) is 8.29. The number of hydrogen-bond acceptors (Lipinski definition) is 3. The van der Waals surface area contributed by atoms with E-state index in [-0.39, 0.29) is 6.09 Å². The van der Waals surface area contributed by atoms with Crippen molar-refractivity contribution in [3.05, 3.63) is 17.0 Å². The van der Waals surface area contributed by atoms with Crippen molar-refractivity contribution in [2.24, 2.45) is 0 Å². The SMILES string of the molecule is CCOC(=O)NCc1nn(C2CCCC2)c2c1CCCC2. The molecule has 5 heteroatoms. The van der Waals surface area contributed by atoms with Crippen LogP contribution in [-0.2, 0) is 24.1 Å². The Bertz CT molecular complexity index is 504. The van der Waals surface area contributed by atoms with Crippen molar-refractivity contribution in [1.29, 1.82) is 0 Å². The van der Waals surface area contributed by atoms with Gasteiger partial charge in [-0.2, -0.15) is 5.10 Å². The molecule has 0 bridgehead atoms. The lowest BCUT2D eigenvalue weighted by Gasteiger charge is -2.18. The van der Waals surface area contributed by atoms with Crippen molar-refractivity contribution < 1.29 is 9.53 Å². The topological polar surface area (TPSA) is 56.1 Å². The van der Waals surface area contributed by atoms with Crippen molar-refractivity contribution >= 4 is 6.09 Å². The maximum absolute atomic E-state index is 11.5. The van der Waals surface area contributed by atoms with Crippen LogP contribution in [0.3, 0.4) is 0 Å². The van der Waals surface area contributed by atoms with Crippen LogP contribution in [0, 0.1) is 0 Å². The second-order valence-corrected chi connectivity index (χ2v) is 6.04. The third kappa shape index (κ3) is 3.06. The fourth-order valence-electron chi connectivity index (χ4n) is 3.63. The van der Waals surface area contributed by atoms with Gasteiger partial charge in [0, 0.05) is 5.69 Å². The van der Waals surface area contributed by atoms with Crippen molar-refractivity contribution in [2.45, 2.75) is 70.9 Å². The number of amides is 1. The van der Waals surface area contributed by atoms with Gasteiger partial charge in [0.1, 0.15) is 0 Å². The number of aromatic nitrogens is 2. The molecule has 0 saturated heterocycles. The van der Waals surface area contributed by atoms with Gasteiger partial charge in [-0.3, -0.25) is 4.68 Å². The molecule has 116 valence electrons. The molecule has 3 rings (SSSR count). The Morgan fingerprint density at radius 2 is 2.05 bits per heavy atom.